The molecule has 0 bridgehead atoms. The molecule has 3 rings (SSSR count). The van der Waals surface area contributed by atoms with Crippen LogP contribution in [0.25, 0.3) is 0 Å². The summed E-state index contributed by atoms with van der Waals surface area (Å²) in [4.78, 5) is 14.9. The first-order valence-corrected chi connectivity index (χ1v) is 10.9. The van der Waals surface area contributed by atoms with Gasteiger partial charge in [0.25, 0.3) is 10.0 Å². The largest absolute Gasteiger partial charge is 0.340 e. The van der Waals surface area contributed by atoms with Gasteiger partial charge in [0.05, 0.1) is 0 Å². The van der Waals surface area contributed by atoms with E-state index >= 15 is 0 Å². The summed E-state index contributed by atoms with van der Waals surface area (Å²) >= 11 is 1.21. The number of piperidine rings is 2. The van der Waals surface area contributed by atoms with Crippen LogP contribution in [0.4, 0.5) is 0 Å². The van der Waals surface area contributed by atoms with Gasteiger partial charge in [-0.1, -0.05) is 12.5 Å². The molecule has 2 aliphatic heterocycles. The molecule has 0 spiro atoms. The fourth-order valence-corrected chi connectivity index (χ4v) is 6.36. The van der Waals surface area contributed by atoms with Gasteiger partial charge in [-0.15, -0.1) is 11.3 Å². The second kappa shape index (κ2) is 7.51. The fourth-order valence-electron chi connectivity index (χ4n) is 3.59. The zero-order valence-electron chi connectivity index (χ0n) is 14.0. The van der Waals surface area contributed by atoms with Crippen LogP contribution in [0.3, 0.4) is 0 Å². The number of nitrogens with zero attached hydrogens (tertiary/aromatic N) is 2. The summed E-state index contributed by atoms with van der Waals surface area (Å²) in [6.45, 7) is 1.82. The molecule has 8 heteroatoms. The lowest BCUT2D eigenvalue weighted by Gasteiger charge is -2.39. The summed E-state index contributed by atoms with van der Waals surface area (Å²) in [6, 6.07) is 3.10. The summed E-state index contributed by atoms with van der Waals surface area (Å²) in [5.74, 6) is -0.0326. The van der Waals surface area contributed by atoms with Gasteiger partial charge in [-0.3, -0.25) is 4.79 Å². The number of likely N-dealkylation sites (tertiary alicyclic amines) is 1. The van der Waals surface area contributed by atoms with Crippen molar-refractivity contribution in [3.8, 4) is 0 Å². The van der Waals surface area contributed by atoms with Crippen LogP contribution >= 0.6 is 11.3 Å². The zero-order chi connectivity index (χ0) is 17.2. The molecule has 6 nitrogen and oxygen atoms in total. The van der Waals surface area contributed by atoms with Crippen LogP contribution in [0.2, 0.25) is 0 Å². The minimum absolute atomic E-state index is 0.0326. The maximum Gasteiger partial charge on any atom is 0.253 e. The number of hydrogen-bond acceptors (Lipinski definition) is 5. The van der Waals surface area contributed by atoms with E-state index in [1.165, 1.54) is 15.6 Å². The number of thiophene rings is 1. The van der Waals surface area contributed by atoms with Crippen LogP contribution < -0.4 is 5.32 Å². The first-order chi connectivity index (χ1) is 11.5. The molecule has 1 amide bonds. The number of likely N-dealkylation sites (N-methyl/N-ethyl adjacent to an activating group) is 1. The van der Waals surface area contributed by atoms with E-state index in [4.69, 9.17) is 0 Å². The second-order valence-electron chi connectivity index (χ2n) is 6.47. The van der Waals surface area contributed by atoms with Crippen LogP contribution in [0, 0.1) is 0 Å². The smallest absolute Gasteiger partial charge is 0.253 e. The average molecular weight is 372 g/mol. The number of rotatable bonds is 4. The minimum atomic E-state index is -3.58. The number of carbonyl (C=O) groups is 1. The van der Waals surface area contributed by atoms with Crippen molar-refractivity contribution in [3.63, 3.8) is 0 Å². The summed E-state index contributed by atoms with van der Waals surface area (Å²) in [6.07, 6.45) is 4.34. The van der Waals surface area contributed by atoms with Crippen molar-refractivity contribution in [1.82, 2.24) is 14.5 Å². The highest BCUT2D eigenvalue weighted by Gasteiger charge is 2.40. The monoisotopic (exact) mass is 371 g/mol. The first kappa shape index (κ1) is 17.8. The van der Waals surface area contributed by atoms with E-state index in [1.54, 1.807) is 17.5 Å². The zero-order valence-corrected chi connectivity index (χ0v) is 15.6. The highest BCUT2D eigenvalue weighted by atomic mass is 32.2. The molecule has 1 aromatic rings. The molecule has 2 saturated heterocycles. The van der Waals surface area contributed by atoms with E-state index in [-0.39, 0.29) is 5.91 Å². The van der Waals surface area contributed by atoms with E-state index < -0.39 is 16.1 Å². The van der Waals surface area contributed by atoms with Crippen LogP contribution in [0.15, 0.2) is 21.7 Å². The van der Waals surface area contributed by atoms with Crippen molar-refractivity contribution >= 4 is 27.3 Å². The molecule has 2 unspecified atom stereocenters. The summed E-state index contributed by atoms with van der Waals surface area (Å²) < 4.78 is 27.6. The van der Waals surface area contributed by atoms with Crippen molar-refractivity contribution in [2.75, 3.05) is 26.7 Å². The third-order valence-corrected chi connectivity index (χ3v) is 8.22. The molecule has 2 atom stereocenters. The summed E-state index contributed by atoms with van der Waals surface area (Å²) in [5.41, 5.74) is 0. The molecular formula is C16H25N3O3S2. The average Bonchev–Trinajstić information content (AvgIpc) is 3.16. The molecule has 1 aromatic heterocycles. The molecule has 1 N–H and O–H groups in total. The lowest BCUT2D eigenvalue weighted by atomic mass is 10.0. The second-order valence-corrected chi connectivity index (χ2v) is 9.54. The highest BCUT2D eigenvalue weighted by molar-refractivity contribution is 7.91. The predicted octanol–water partition coefficient (Wildman–Crippen LogP) is 1.50. The van der Waals surface area contributed by atoms with E-state index in [0.717, 1.165) is 32.2 Å². The van der Waals surface area contributed by atoms with Crippen molar-refractivity contribution in [2.45, 2.75) is 48.4 Å². The van der Waals surface area contributed by atoms with Crippen LogP contribution in [-0.4, -0.2) is 62.3 Å². The Morgan fingerprint density at radius 1 is 1.25 bits per heavy atom. The maximum absolute atomic E-state index is 13.0. The van der Waals surface area contributed by atoms with E-state index in [0.29, 0.717) is 29.8 Å². The SMILES string of the molecule is CNC1CCCN(C(=O)C2CCCCN2S(=O)(=O)c2cccs2)C1. The van der Waals surface area contributed by atoms with E-state index in [2.05, 4.69) is 5.32 Å². The standard InChI is InChI=1S/C16H25N3O3S2/c1-17-13-6-4-9-18(12-13)16(20)14-7-2-3-10-19(14)24(21,22)15-8-5-11-23-15/h5,8,11,13-14,17H,2-4,6-7,9-10,12H2,1H3. The first-order valence-electron chi connectivity index (χ1n) is 8.55. The molecule has 2 fully saturated rings. The Morgan fingerprint density at radius 2 is 2.08 bits per heavy atom. The molecule has 134 valence electrons. The number of amides is 1. The molecule has 3 heterocycles. The van der Waals surface area contributed by atoms with Crippen molar-refractivity contribution in [2.24, 2.45) is 0 Å². The Morgan fingerprint density at radius 3 is 2.79 bits per heavy atom. The van der Waals surface area contributed by atoms with Gasteiger partial charge in [0.2, 0.25) is 5.91 Å². The van der Waals surface area contributed by atoms with Crippen molar-refractivity contribution < 1.29 is 13.2 Å². The van der Waals surface area contributed by atoms with Crippen LogP contribution in [0.5, 0.6) is 0 Å². The van der Waals surface area contributed by atoms with Gasteiger partial charge in [0, 0.05) is 25.7 Å². The van der Waals surface area contributed by atoms with Gasteiger partial charge in [-0.2, -0.15) is 4.31 Å². The summed E-state index contributed by atoms with van der Waals surface area (Å²) in [7, 11) is -1.67. The highest BCUT2D eigenvalue weighted by Crippen LogP contribution is 2.29. The molecule has 0 aromatic carbocycles. The maximum atomic E-state index is 13.0. The van der Waals surface area contributed by atoms with Gasteiger partial charge in [-0.05, 0) is 44.2 Å². The van der Waals surface area contributed by atoms with Gasteiger partial charge >= 0.3 is 0 Å². The third-order valence-electron chi connectivity index (χ3n) is 4.94. The fraction of sp³-hybridized carbons (Fsp3) is 0.688. The lowest BCUT2D eigenvalue weighted by molar-refractivity contribution is -0.137. The van der Waals surface area contributed by atoms with Crippen molar-refractivity contribution in [3.05, 3.63) is 17.5 Å². The van der Waals surface area contributed by atoms with Gasteiger partial charge in [0.15, 0.2) is 0 Å². The van der Waals surface area contributed by atoms with Gasteiger partial charge in [0.1, 0.15) is 10.3 Å². The summed E-state index contributed by atoms with van der Waals surface area (Å²) in [5, 5.41) is 4.99. The molecule has 0 saturated carbocycles. The Balaban J connectivity index is 1.81. The van der Waals surface area contributed by atoms with E-state index in [9.17, 15) is 13.2 Å². The van der Waals surface area contributed by atoms with Crippen molar-refractivity contribution in [1.29, 1.82) is 0 Å². The molecule has 2 aliphatic rings. The molecular weight excluding hydrogens is 346 g/mol. The Kier molecular flexibility index (Phi) is 5.59. The quantitative estimate of drug-likeness (QED) is 0.871. The lowest BCUT2D eigenvalue weighted by Crippen LogP contribution is -2.56. The molecule has 24 heavy (non-hydrogen) atoms. The minimum Gasteiger partial charge on any atom is -0.340 e. The number of sulfonamides is 1. The molecule has 0 radical (unpaired) electrons. The number of nitrogens with one attached hydrogen (secondary N) is 1. The number of carbonyl (C=O) groups excluding carboxylic acids is 1. The van der Waals surface area contributed by atoms with Gasteiger partial charge < -0.3 is 10.2 Å². The number of hydrogen-bond donors (Lipinski definition) is 1. The predicted molar refractivity (Wildman–Crippen MR) is 94.5 cm³/mol. The Labute approximate surface area is 147 Å². The Bertz CT molecular complexity index is 660. The van der Waals surface area contributed by atoms with Gasteiger partial charge in [-0.25, -0.2) is 8.42 Å². The van der Waals surface area contributed by atoms with Crippen LogP contribution in [-0.2, 0) is 14.8 Å². The van der Waals surface area contributed by atoms with Crippen LogP contribution in [0.1, 0.15) is 32.1 Å². The topological polar surface area (TPSA) is 69.7 Å². The van der Waals surface area contributed by atoms with E-state index in [1.807, 2.05) is 11.9 Å². The molecule has 0 aliphatic carbocycles. The third kappa shape index (κ3) is 3.51. The Hall–Kier alpha value is -0.960. The normalized spacial score (nSPS) is 26.5.